The second-order valence-corrected chi connectivity index (χ2v) is 4.64. The quantitative estimate of drug-likeness (QED) is 0.467. The molecule has 0 aliphatic rings. The van der Waals surface area contributed by atoms with Gasteiger partial charge in [-0.05, 0) is 32.4 Å². The van der Waals surface area contributed by atoms with Crippen molar-refractivity contribution in [2.75, 3.05) is 19.8 Å². The van der Waals surface area contributed by atoms with Crippen molar-refractivity contribution in [3.8, 4) is 11.8 Å². The van der Waals surface area contributed by atoms with E-state index in [0.717, 1.165) is 10.4 Å². The van der Waals surface area contributed by atoms with Crippen LogP contribution < -0.4 is 0 Å². The highest BCUT2D eigenvalue weighted by molar-refractivity contribution is 7.14. The molecule has 0 saturated heterocycles. The first-order valence-electron chi connectivity index (χ1n) is 6.03. The van der Waals surface area contributed by atoms with Crippen LogP contribution in [0.2, 0.25) is 0 Å². The molecule has 0 bridgehead atoms. The van der Waals surface area contributed by atoms with Crippen LogP contribution in [0.4, 0.5) is 0 Å². The highest BCUT2D eigenvalue weighted by Crippen LogP contribution is 2.21. The summed E-state index contributed by atoms with van der Waals surface area (Å²) in [5, 5.41) is 0. The molecule has 0 saturated carbocycles. The second-order valence-electron chi connectivity index (χ2n) is 3.59. The second kappa shape index (κ2) is 7.91. The average Bonchev–Trinajstić information content (AvgIpc) is 2.71. The fraction of sp³-hybridized carbons (Fsp3) is 0.500. The van der Waals surface area contributed by atoms with Gasteiger partial charge in [0.15, 0.2) is 0 Å². The molecule has 0 aromatic carbocycles. The molecular formula is C14H18O3S. The maximum Gasteiger partial charge on any atom is 0.348 e. The summed E-state index contributed by atoms with van der Waals surface area (Å²) in [4.78, 5) is 13.1. The van der Waals surface area contributed by atoms with Crippen LogP contribution in [0.1, 0.15) is 40.4 Å². The summed E-state index contributed by atoms with van der Waals surface area (Å²) < 4.78 is 10.2. The molecule has 0 aliphatic heterocycles. The number of ether oxygens (including phenoxy) is 2. The molecule has 1 aromatic heterocycles. The predicted octanol–water partition coefficient (Wildman–Crippen LogP) is 3.01. The Kier molecular flexibility index (Phi) is 6.48. The topological polar surface area (TPSA) is 35.5 Å². The first-order valence-corrected chi connectivity index (χ1v) is 6.84. The Balaban J connectivity index is 2.64. The van der Waals surface area contributed by atoms with Crippen molar-refractivity contribution in [1.82, 2.24) is 0 Å². The Morgan fingerprint density at radius 1 is 1.39 bits per heavy atom. The number of aryl methyl sites for hydroxylation is 1. The van der Waals surface area contributed by atoms with Gasteiger partial charge in [-0.1, -0.05) is 11.8 Å². The number of thiophene rings is 1. The summed E-state index contributed by atoms with van der Waals surface area (Å²) in [5.74, 6) is 5.84. The van der Waals surface area contributed by atoms with Gasteiger partial charge in [-0.3, -0.25) is 0 Å². The summed E-state index contributed by atoms with van der Waals surface area (Å²) in [6, 6.07) is 1.83. The molecule has 0 amide bonds. The monoisotopic (exact) mass is 266 g/mol. The molecule has 18 heavy (non-hydrogen) atoms. The molecule has 0 atom stereocenters. The zero-order chi connectivity index (χ0) is 13.4. The van der Waals surface area contributed by atoms with Crippen molar-refractivity contribution in [2.24, 2.45) is 0 Å². The minimum absolute atomic E-state index is 0.270. The van der Waals surface area contributed by atoms with Gasteiger partial charge in [-0.25, -0.2) is 4.79 Å². The zero-order valence-electron chi connectivity index (χ0n) is 11.0. The lowest BCUT2D eigenvalue weighted by Crippen LogP contribution is -2.01. The number of carbonyl (C=O) groups is 1. The fourth-order valence-electron chi connectivity index (χ4n) is 1.32. The molecule has 3 nitrogen and oxygen atoms in total. The molecule has 0 spiro atoms. The van der Waals surface area contributed by atoms with E-state index >= 15 is 0 Å². The average molecular weight is 266 g/mol. The van der Waals surface area contributed by atoms with Crippen LogP contribution in [-0.2, 0) is 9.47 Å². The van der Waals surface area contributed by atoms with E-state index in [2.05, 4.69) is 11.8 Å². The lowest BCUT2D eigenvalue weighted by atomic mass is 10.2. The summed E-state index contributed by atoms with van der Waals surface area (Å²) in [6.45, 7) is 7.47. The van der Waals surface area contributed by atoms with Crippen molar-refractivity contribution in [1.29, 1.82) is 0 Å². The van der Waals surface area contributed by atoms with Crippen LogP contribution in [0.3, 0.4) is 0 Å². The van der Waals surface area contributed by atoms with Gasteiger partial charge in [-0.15, -0.1) is 11.3 Å². The first-order chi connectivity index (χ1) is 8.69. The van der Waals surface area contributed by atoms with E-state index in [4.69, 9.17) is 9.47 Å². The molecular weight excluding hydrogens is 248 g/mol. The van der Waals surface area contributed by atoms with Crippen molar-refractivity contribution >= 4 is 17.3 Å². The van der Waals surface area contributed by atoms with Gasteiger partial charge in [0.2, 0.25) is 0 Å². The van der Waals surface area contributed by atoms with E-state index in [1.165, 1.54) is 11.3 Å². The third-order valence-electron chi connectivity index (χ3n) is 2.17. The Morgan fingerprint density at radius 2 is 2.17 bits per heavy atom. The first kappa shape index (κ1) is 14.7. The van der Waals surface area contributed by atoms with Gasteiger partial charge in [0.1, 0.15) is 4.88 Å². The van der Waals surface area contributed by atoms with Crippen LogP contribution in [0, 0.1) is 18.8 Å². The number of rotatable bonds is 5. The minimum atomic E-state index is -0.270. The third kappa shape index (κ3) is 4.52. The van der Waals surface area contributed by atoms with E-state index < -0.39 is 0 Å². The Hall–Kier alpha value is -1.31. The van der Waals surface area contributed by atoms with Gasteiger partial charge in [0.05, 0.1) is 18.1 Å². The molecule has 1 heterocycles. The number of esters is 1. The summed E-state index contributed by atoms with van der Waals surface area (Å²) in [5.41, 5.74) is 1.02. The fourth-order valence-corrected chi connectivity index (χ4v) is 2.26. The van der Waals surface area contributed by atoms with E-state index in [9.17, 15) is 4.79 Å². The Morgan fingerprint density at radius 3 is 2.83 bits per heavy atom. The smallest absolute Gasteiger partial charge is 0.348 e. The lowest BCUT2D eigenvalue weighted by molar-refractivity contribution is 0.0532. The normalized spacial score (nSPS) is 9.72. The molecule has 1 rings (SSSR count). The molecule has 1 aromatic rings. The Labute approximate surface area is 112 Å². The predicted molar refractivity (Wildman–Crippen MR) is 73.0 cm³/mol. The molecule has 4 heteroatoms. The molecule has 0 radical (unpaired) electrons. The highest BCUT2D eigenvalue weighted by atomic mass is 32.1. The van der Waals surface area contributed by atoms with Crippen molar-refractivity contribution in [3.05, 3.63) is 21.4 Å². The zero-order valence-corrected chi connectivity index (χ0v) is 11.9. The lowest BCUT2D eigenvalue weighted by Gasteiger charge is -1.95. The minimum Gasteiger partial charge on any atom is -0.462 e. The van der Waals surface area contributed by atoms with Crippen LogP contribution in [0.5, 0.6) is 0 Å². The van der Waals surface area contributed by atoms with E-state index in [-0.39, 0.29) is 5.97 Å². The van der Waals surface area contributed by atoms with E-state index in [1.54, 1.807) is 6.92 Å². The van der Waals surface area contributed by atoms with Crippen LogP contribution >= 0.6 is 11.3 Å². The molecule has 0 N–H and O–H groups in total. The van der Waals surface area contributed by atoms with Crippen molar-refractivity contribution in [3.63, 3.8) is 0 Å². The van der Waals surface area contributed by atoms with Crippen LogP contribution in [0.25, 0.3) is 0 Å². The molecule has 0 unspecified atom stereocenters. The van der Waals surface area contributed by atoms with Gasteiger partial charge in [-0.2, -0.15) is 0 Å². The molecule has 98 valence electrons. The SMILES string of the molecule is CCOCCC#Cc1sc(C(=O)OCC)cc1C. The van der Waals surface area contributed by atoms with Gasteiger partial charge >= 0.3 is 5.97 Å². The maximum atomic E-state index is 11.5. The summed E-state index contributed by atoms with van der Waals surface area (Å²) in [6.07, 6.45) is 0.708. The van der Waals surface area contributed by atoms with Crippen LogP contribution in [0.15, 0.2) is 6.07 Å². The Bertz CT molecular complexity index is 451. The van der Waals surface area contributed by atoms with Gasteiger partial charge in [0, 0.05) is 13.0 Å². The largest absolute Gasteiger partial charge is 0.462 e. The number of hydrogen-bond donors (Lipinski definition) is 0. The van der Waals surface area contributed by atoms with Gasteiger partial charge < -0.3 is 9.47 Å². The van der Waals surface area contributed by atoms with Crippen molar-refractivity contribution < 1.29 is 14.3 Å². The number of carbonyl (C=O) groups excluding carboxylic acids is 1. The standard InChI is InChI=1S/C14H18O3S/c1-4-16-9-7-6-8-12-11(3)10-13(18-12)14(15)17-5-2/h10H,4-5,7,9H2,1-3H3. The number of hydrogen-bond acceptors (Lipinski definition) is 4. The highest BCUT2D eigenvalue weighted by Gasteiger charge is 2.11. The van der Waals surface area contributed by atoms with Gasteiger partial charge in [0.25, 0.3) is 0 Å². The third-order valence-corrected chi connectivity index (χ3v) is 3.30. The summed E-state index contributed by atoms with van der Waals surface area (Å²) in [7, 11) is 0. The van der Waals surface area contributed by atoms with E-state index in [0.29, 0.717) is 31.1 Å². The molecule has 0 fully saturated rings. The van der Waals surface area contributed by atoms with Crippen LogP contribution in [-0.4, -0.2) is 25.8 Å². The van der Waals surface area contributed by atoms with E-state index in [1.807, 2.05) is 19.9 Å². The molecule has 0 aliphatic carbocycles. The summed E-state index contributed by atoms with van der Waals surface area (Å²) >= 11 is 1.38. The van der Waals surface area contributed by atoms with Crippen molar-refractivity contribution in [2.45, 2.75) is 27.2 Å². The maximum absolute atomic E-state index is 11.5.